The Morgan fingerprint density at radius 2 is 2.05 bits per heavy atom. The van der Waals surface area contributed by atoms with E-state index in [2.05, 4.69) is 51.4 Å². The maximum atomic E-state index is 5.08. The largest absolute Gasteiger partial charge is 0.339 e. The first-order valence-electron chi connectivity index (χ1n) is 7.12. The maximum Gasteiger partial charge on any atom is 0.226 e. The van der Waals surface area contributed by atoms with Crippen molar-refractivity contribution >= 4 is 11.8 Å². The van der Waals surface area contributed by atoms with Crippen LogP contribution in [-0.4, -0.2) is 24.9 Å². The third-order valence-electron chi connectivity index (χ3n) is 3.12. The van der Waals surface area contributed by atoms with Crippen LogP contribution in [-0.2, 0) is 18.7 Å². The van der Waals surface area contributed by atoms with Gasteiger partial charge in [0.25, 0.3) is 0 Å². The molecule has 0 aliphatic heterocycles. The summed E-state index contributed by atoms with van der Waals surface area (Å²) in [6.45, 7) is 4.54. The van der Waals surface area contributed by atoms with Crippen LogP contribution >= 0.6 is 11.8 Å². The van der Waals surface area contributed by atoms with Gasteiger partial charge in [-0.1, -0.05) is 53.7 Å². The molecule has 1 aromatic carbocycles. The quantitative estimate of drug-likeness (QED) is 0.651. The molecule has 0 amide bonds. The second kappa shape index (κ2) is 6.74. The second-order valence-electron chi connectivity index (χ2n) is 4.96. The molecule has 6 nitrogen and oxygen atoms in total. The van der Waals surface area contributed by atoms with E-state index in [9.17, 15) is 0 Å². The smallest absolute Gasteiger partial charge is 0.226 e. The number of aromatic nitrogens is 5. The Balaban J connectivity index is 1.57. The number of rotatable bonds is 6. The average molecular weight is 315 g/mol. The van der Waals surface area contributed by atoms with Crippen molar-refractivity contribution in [3.05, 3.63) is 53.4 Å². The zero-order valence-corrected chi connectivity index (χ0v) is 13.4. The average Bonchev–Trinajstić information content (AvgIpc) is 3.16. The van der Waals surface area contributed by atoms with Gasteiger partial charge in [0, 0.05) is 12.2 Å². The van der Waals surface area contributed by atoms with E-state index < -0.39 is 0 Å². The predicted octanol–water partition coefficient (Wildman–Crippen LogP) is 2.87. The van der Waals surface area contributed by atoms with Crippen LogP contribution in [0.1, 0.15) is 29.8 Å². The molecule has 0 saturated carbocycles. The molecule has 3 rings (SSSR count). The first-order valence-corrected chi connectivity index (χ1v) is 8.10. The Hall–Kier alpha value is -2.15. The van der Waals surface area contributed by atoms with E-state index in [1.165, 1.54) is 11.1 Å². The minimum Gasteiger partial charge on any atom is -0.339 e. The molecule has 0 aliphatic rings. The van der Waals surface area contributed by atoms with Gasteiger partial charge in [-0.15, -0.1) is 5.10 Å². The SMILES string of the molecule is CCc1nc(Cn2cnc(SCc3ccc(C)cc3)n2)no1. The summed E-state index contributed by atoms with van der Waals surface area (Å²) in [6.07, 6.45) is 2.43. The van der Waals surface area contributed by atoms with Crippen molar-refractivity contribution in [2.75, 3.05) is 0 Å². The van der Waals surface area contributed by atoms with Gasteiger partial charge in [-0.3, -0.25) is 0 Å². The lowest BCUT2D eigenvalue weighted by Gasteiger charge is -1.99. The van der Waals surface area contributed by atoms with E-state index in [0.717, 1.165) is 17.3 Å². The summed E-state index contributed by atoms with van der Waals surface area (Å²) < 4.78 is 6.80. The summed E-state index contributed by atoms with van der Waals surface area (Å²) in [5, 5.41) is 9.08. The summed E-state index contributed by atoms with van der Waals surface area (Å²) in [5.74, 6) is 2.12. The summed E-state index contributed by atoms with van der Waals surface area (Å²) in [5.41, 5.74) is 2.53. The zero-order valence-electron chi connectivity index (χ0n) is 12.6. The summed E-state index contributed by atoms with van der Waals surface area (Å²) in [6, 6.07) is 8.49. The third-order valence-corrected chi connectivity index (χ3v) is 4.04. The van der Waals surface area contributed by atoms with Crippen LogP contribution in [0.4, 0.5) is 0 Å². The lowest BCUT2D eigenvalue weighted by molar-refractivity contribution is 0.374. The molecule has 2 heterocycles. The molecule has 7 heteroatoms. The molecular weight excluding hydrogens is 298 g/mol. The molecule has 2 aromatic heterocycles. The zero-order chi connectivity index (χ0) is 15.4. The highest BCUT2D eigenvalue weighted by molar-refractivity contribution is 7.98. The van der Waals surface area contributed by atoms with Gasteiger partial charge < -0.3 is 4.52 Å². The van der Waals surface area contributed by atoms with E-state index in [1.54, 1.807) is 22.8 Å². The van der Waals surface area contributed by atoms with Gasteiger partial charge in [-0.25, -0.2) is 9.67 Å². The Morgan fingerprint density at radius 3 is 2.77 bits per heavy atom. The monoisotopic (exact) mass is 315 g/mol. The standard InChI is InChI=1S/C15H17N5OS/c1-3-14-17-13(19-21-14)8-20-10-16-15(18-20)22-9-12-6-4-11(2)5-7-12/h4-7,10H,3,8-9H2,1-2H3. The lowest BCUT2D eigenvalue weighted by atomic mass is 10.2. The highest BCUT2D eigenvalue weighted by atomic mass is 32.2. The molecule has 0 N–H and O–H groups in total. The molecule has 0 fully saturated rings. The third kappa shape index (κ3) is 3.73. The van der Waals surface area contributed by atoms with Crippen molar-refractivity contribution in [3.63, 3.8) is 0 Å². The minimum absolute atomic E-state index is 0.474. The van der Waals surface area contributed by atoms with Gasteiger partial charge in [0.1, 0.15) is 12.9 Å². The lowest BCUT2D eigenvalue weighted by Crippen LogP contribution is -2.02. The van der Waals surface area contributed by atoms with Gasteiger partial charge in [0.05, 0.1) is 0 Å². The van der Waals surface area contributed by atoms with Gasteiger partial charge >= 0.3 is 0 Å². The van der Waals surface area contributed by atoms with E-state index in [-0.39, 0.29) is 0 Å². The van der Waals surface area contributed by atoms with Gasteiger partial charge in [0.2, 0.25) is 11.0 Å². The van der Waals surface area contributed by atoms with Crippen LogP contribution < -0.4 is 0 Å². The molecule has 0 unspecified atom stereocenters. The van der Waals surface area contributed by atoms with Crippen molar-refractivity contribution in [3.8, 4) is 0 Å². The molecular formula is C15H17N5OS. The minimum atomic E-state index is 0.474. The summed E-state index contributed by atoms with van der Waals surface area (Å²) in [7, 11) is 0. The number of nitrogens with zero attached hydrogens (tertiary/aromatic N) is 5. The molecule has 0 radical (unpaired) electrons. The van der Waals surface area contributed by atoms with Gasteiger partial charge in [0.15, 0.2) is 5.82 Å². The molecule has 114 valence electrons. The molecule has 0 spiro atoms. The fraction of sp³-hybridized carbons (Fsp3) is 0.333. The summed E-state index contributed by atoms with van der Waals surface area (Å²) in [4.78, 5) is 8.56. The van der Waals surface area contributed by atoms with Crippen LogP contribution in [0.2, 0.25) is 0 Å². The number of hydrogen-bond donors (Lipinski definition) is 0. The van der Waals surface area contributed by atoms with Crippen LogP contribution in [0.3, 0.4) is 0 Å². The van der Waals surface area contributed by atoms with Crippen molar-refractivity contribution in [1.82, 2.24) is 24.9 Å². The van der Waals surface area contributed by atoms with Crippen LogP contribution in [0, 0.1) is 6.92 Å². The molecule has 0 aliphatic carbocycles. The van der Waals surface area contributed by atoms with Crippen molar-refractivity contribution in [2.45, 2.75) is 37.7 Å². The Morgan fingerprint density at radius 1 is 1.23 bits per heavy atom. The van der Waals surface area contributed by atoms with Crippen molar-refractivity contribution < 1.29 is 4.52 Å². The van der Waals surface area contributed by atoms with E-state index in [1.807, 2.05) is 6.92 Å². The molecule has 0 saturated heterocycles. The maximum absolute atomic E-state index is 5.08. The molecule has 22 heavy (non-hydrogen) atoms. The first-order chi connectivity index (χ1) is 10.7. The fourth-order valence-corrected chi connectivity index (χ4v) is 2.67. The highest BCUT2D eigenvalue weighted by Gasteiger charge is 2.08. The molecule has 0 atom stereocenters. The number of hydrogen-bond acceptors (Lipinski definition) is 6. The summed E-state index contributed by atoms with van der Waals surface area (Å²) >= 11 is 1.61. The highest BCUT2D eigenvalue weighted by Crippen LogP contribution is 2.19. The Labute approximate surface area is 133 Å². The normalized spacial score (nSPS) is 11.0. The molecule has 0 bridgehead atoms. The predicted molar refractivity (Wildman–Crippen MR) is 83.5 cm³/mol. The first kappa shape index (κ1) is 14.8. The Kier molecular flexibility index (Phi) is 4.53. The van der Waals surface area contributed by atoms with Gasteiger partial charge in [-0.05, 0) is 12.5 Å². The fourth-order valence-electron chi connectivity index (χ4n) is 1.89. The van der Waals surface area contributed by atoms with Crippen LogP contribution in [0.15, 0.2) is 40.3 Å². The molecule has 3 aromatic rings. The van der Waals surface area contributed by atoms with E-state index in [0.29, 0.717) is 18.3 Å². The Bertz CT molecular complexity index is 734. The number of aryl methyl sites for hydroxylation is 2. The van der Waals surface area contributed by atoms with Crippen molar-refractivity contribution in [1.29, 1.82) is 0 Å². The van der Waals surface area contributed by atoms with Gasteiger partial charge in [-0.2, -0.15) is 4.98 Å². The number of benzene rings is 1. The second-order valence-corrected chi connectivity index (χ2v) is 5.90. The van der Waals surface area contributed by atoms with Crippen LogP contribution in [0.5, 0.6) is 0 Å². The van der Waals surface area contributed by atoms with Crippen LogP contribution in [0.25, 0.3) is 0 Å². The topological polar surface area (TPSA) is 69.6 Å². The van der Waals surface area contributed by atoms with Crippen molar-refractivity contribution in [2.24, 2.45) is 0 Å². The number of thioether (sulfide) groups is 1. The van der Waals surface area contributed by atoms with E-state index in [4.69, 9.17) is 4.52 Å². The van der Waals surface area contributed by atoms with E-state index >= 15 is 0 Å².